The molecule has 0 aromatic carbocycles. The normalized spacial score (nSPS) is 15.6. The quantitative estimate of drug-likeness (QED) is 0.376. The van der Waals surface area contributed by atoms with Crippen molar-refractivity contribution in [1.29, 1.82) is 0 Å². The summed E-state index contributed by atoms with van der Waals surface area (Å²) in [6, 6.07) is 0. The van der Waals surface area contributed by atoms with Crippen LogP contribution in [-0.2, 0) is 9.59 Å². The van der Waals surface area contributed by atoms with Crippen molar-refractivity contribution < 1.29 is 9.59 Å². The highest BCUT2D eigenvalue weighted by Gasteiger charge is 2.06. The lowest BCUT2D eigenvalue weighted by Crippen LogP contribution is -2.08. The zero-order valence-electron chi connectivity index (χ0n) is 4.83. The Morgan fingerprint density at radius 1 is 0.889 bits per heavy atom. The summed E-state index contributed by atoms with van der Waals surface area (Å²) in [6.45, 7) is 0. The predicted octanol–water partition coefficient (Wildman–Crippen LogP) is 0.413. The van der Waals surface area contributed by atoms with Gasteiger partial charge >= 0.3 is 0 Å². The van der Waals surface area contributed by atoms with Crippen molar-refractivity contribution in [3.63, 3.8) is 0 Å². The van der Waals surface area contributed by atoms with Gasteiger partial charge < -0.3 is 6.15 Å². The molecule has 3 N–H and O–H groups in total. The molecule has 0 bridgehead atoms. The van der Waals surface area contributed by atoms with Crippen molar-refractivity contribution in [3.05, 3.63) is 24.3 Å². The Hall–Kier alpha value is -1.22. The zero-order chi connectivity index (χ0) is 5.98. The van der Waals surface area contributed by atoms with Gasteiger partial charge in [0, 0.05) is 0 Å². The maximum atomic E-state index is 10.3. The first-order chi connectivity index (χ1) is 3.80. The van der Waals surface area contributed by atoms with Crippen molar-refractivity contribution in [2.45, 2.75) is 0 Å². The second-order valence-electron chi connectivity index (χ2n) is 1.45. The van der Waals surface area contributed by atoms with E-state index >= 15 is 0 Å². The van der Waals surface area contributed by atoms with Crippen LogP contribution in [0.1, 0.15) is 0 Å². The molecule has 0 unspecified atom stereocenters. The first-order valence-electron chi connectivity index (χ1n) is 2.24. The predicted molar refractivity (Wildman–Crippen MR) is 33.3 cm³/mol. The van der Waals surface area contributed by atoms with Crippen molar-refractivity contribution in [1.82, 2.24) is 6.15 Å². The van der Waals surface area contributed by atoms with Gasteiger partial charge in [0.15, 0.2) is 0 Å². The Morgan fingerprint density at radius 2 is 1.22 bits per heavy atom. The van der Waals surface area contributed by atoms with E-state index in [1.54, 1.807) is 12.2 Å². The van der Waals surface area contributed by atoms with Crippen LogP contribution in [0.15, 0.2) is 24.3 Å². The monoisotopic (exact) mass is 125 g/mol. The number of carbonyl (C=O) groups is 2. The standard InChI is InChI=1S/C6H4O2.H3N/c7-5-3-1-2-4-6(5)8;/h1-4H;1H3. The highest BCUT2D eigenvalue weighted by Crippen LogP contribution is 1.90. The summed E-state index contributed by atoms with van der Waals surface area (Å²) in [5.74, 6) is -0.875. The summed E-state index contributed by atoms with van der Waals surface area (Å²) < 4.78 is 0. The van der Waals surface area contributed by atoms with Gasteiger partial charge in [-0.2, -0.15) is 0 Å². The third-order valence-electron chi connectivity index (χ3n) is 0.849. The fourth-order valence-electron chi connectivity index (χ4n) is 0.450. The number of rotatable bonds is 0. The highest BCUT2D eigenvalue weighted by atomic mass is 16.2. The zero-order valence-corrected chi connectivity index (χ0v) is 4.83. The Bertz CT molecular complexity index is 169. The molecule has 0 aliphatic heterocycles. The van der Waals surface area contributed by atoms with Crippen molar-refractivity contribution in [2.24, 2.45) is 0 Å². The molecule has 0 aromatic rings. The molecule has 1 aliphatic carbocycles. The smallest absolute Gasteiger partial charge is 0.225 e. The summed E-state index contributed by atoms with van der Waals surface area (Å²) in [5, 5.41) is 0. The largest absolute Gasteiger partial charge is 0.344 e. The second-order valence-corrected chi connectivity index (χ2v) is 1.45. The molecular weight excluding hydrogens is 118 g/mol. The van der Waals surface area contributed by atoms with E-state index in [1.165, 1.54) is 12.2 Å². The van der Waals surface area contributed by atoms with Gasteiger partial charge in [-0.25, -0.2) is 0 Å². The van der Waals surface area contributed by atoms with Crippen LogP contribution in [0.4, 0.5) is 0 Å². The van der Waals surface area contributed by atoms with E-state index in [0.717, 1.165) is 0 Å². The lowest BCUT2D eigenvalue weighted by molar-refractivity contribution is -0.131. The van der Waals surface area contributed by atoms with Gasteiger partial charge in [0.1, 0.15) is 0 Å². The molecule has 1 aliphatic rings. The van der Waals surface area contributed by atoms with Crippen LogP contribution in [0.25, 0.3) is 0 Å². The molecule has 0 radical (unpaired) electrons. The summed E-state index contributed by atoms with van der Waals surface area (Å²) >= 11 is 0. The lowest BCUT2D eigenvalue weighted by atomic mass is 10.1. The molecule has 9 heavy (non-hydrogen) atoms. The van der Waals surface area contributed by atoms with E-state index in [1.807, 2.05) is 0 Å². The SMILES string of the molecule is N.O=C1C=CC=CC1=O. The highest BCUT2D eigenvalue weighted by molar-refractivity contribution is 6.46. The number of hydrogen-bond donors (Lipinski definition) is 1. The third-order valence-corrected chi connectivity index (χ3v) is 0.849. The molecule has 0 amide bonds. The van der Waals surface area contributed by atoms with E-state index in [4.69, 9.17) is 0 Å². The van der Waals surface area contributed by atoms with Gasteiger partial charge in [0.2, 0.25) is 11.6 Å². The molecule has 0 atom stereocenters. The van der Waals surface area contributed by atoms with E-state index < -0.39 is 11.6 Å². The number of hydrogen-bond acceptors (Lipinski definition) is 3. The Labute approximate surface area is 52.6 Å². The topological polar surface area (TPSA) is 69.1 Å². The Balaban J connectivity index is 0.000000640. The van der Waals surface area contributed by atoms with Crippen molar-refractivity contribution in [3.8, 4) is 0 Å². The number of ketones is 2. The molecule has 48 valence electrons. The summed E-state index contributed by atoms with van der Waals surface area (Å²) in [6.07, 6.45) is 5.60. The van der Waals surface area contributed by atoms with Crippen LogP contribution in [0, 0.1) is 0 Å². The fourth-order valence-corrected chi connectivity index (χ4v) is 0.450. The van der Waals surface area contributed by atoms with Crippen LogP contribution in [0.3, 0.4) is 0 Å². The molecular formula is C6H7NO2. The van der Waals surface area contributed by atoms with Crippen LogP contribution in [-0.4, -0.2) is 11.6 Å². The molecule has 0 saturated carbocycles. The van der Waals surface area contributed by atoms with Crippen LogP contribution < -0.4 is 6.15 Å². The lowest BCUT2D eigenvalue weighted by Gasteiger charge is -1.88. The van der Waals surface area contributed by atoms with Crippen molar-refractivity contribution >= 4 is 11.6 Å². The van der Waals surface area contributed by atoms with Gasteiger partial charge in [-0.3, -0.25) is 9.59 Å². The maximum absolute atomic E-state index is 10.3. The first-order valence-corrected chi connectivity index (χ1v) is 2.24. The van der Waals surface area contributed by atoms with E-state index in [2.05, 4.69) is 0 Å². The van der Waals surface area contributed by atoms with E-state index in [-0.39, 0.29) is 6.15 Å². The average Bonchev–Trinajstić information content (AvgIpc) is 1.77. The number of carbonyl (C=O) groups excluding carboxylic acids is 2. The third kappa shape index (κ3) is 1.62. The minimum atomic E-state index is -0.437. The van der Waals surface area contributed by atoms with Gasteiger partial charge in [0.25, 0.3) is 0 Å². The van der Waals surface area contributed by atoms with Gasteiger partial charge in [-0.15, -0.1) is 0 Å². The molecule has 0 spiro atoms. The minimum absolute atomic E-state index is 0. The molecule has 0 fully saturated rings. The maximum Gasteiger partial charge on any atom is 0.225 e. The summed E-state index contributed by atoms with van der Waals surface area (Å²) in [7, 11) is 0. The first kappa shape index (κ1) is 7.78. The summed E-state index contributed by atoms with van der Waals surface area (Å²) in [5.41, 5.74) is 0. The van der Waals surface area contributed by atoms with E-state index in [0.29, 0.717) is 0 Å². The Kier molecular flexibility index (Phi) is 2.54. The fraction of sp³-hybridized carbons (Fsp3) is 0. The molecule has 1 rings (SSSR count). The van der Waals surface area contributed by atoms with Crippen LogP contribution in [0.5, 0.6) is 0 Å². The number of allylic oxidation sites excluding steroid dienone is 4. The van der Waals surface area contributed by atoms with Gasteiger partial charge in [0.05, 0.1) is 0 Å². The molecule has 3 nitrogen and oxygen atoms in total. The second kappa shape index (κ2) is 2.94. The van der Waals surface area contributed by atoms with Crippen LogP contribution >= 0.6 is 0 Å². The molecule has 3 heteroatoms. The minimum Gasteiger partial charge on any atom is -0.344 e. The Morgan fingerprint density at radius 3 is 1.44 bits per heavy atom. The summed E-state index contributed by atoms with van der Waals surface area (Å²) in [4.78, 5) is 20.6. The van der Waals surface area contributed by atoms with E-state index in [9.17, 15) is 9.59 Å². The molecule has 0 heterocycles. The van der Waals surface area contributed by atoms with Gasteiger partial charge in [-0.05, 0) is 12.2 Å². The van der Waals surface area contributed by atoms with Gasteiger partial charge in [-0.1, -0.05) is 12.2 Å². The molecule has 0 saturated heterocycles. The van der Waals surface area contributed by atoms with Crippen LogP contribution in [0.2, 0.25) is 0 Å². The molecule has 0 aromatic heterocycles. The van der Waals surface area contributed by atoms with Crippen molar-refractivity contribution in [2.75, 3.05) is 0 Å². The average molecular weight is 125 g/mol.